The summed E-state index contributed by atoms with van der Waals surface area (Å²) in [5.41, 5.74) is 2.84. The van der Waals surface area contributed by atoms with Crippen molar-refractivity contribution in [1.29, 1.82) is 0 Å². The predicted molar refractivity (Wildman–Crippen MR) is 69.5 cm³/mol. The minimum Gasteiger partial charge on any atom is -0.310 e. The van der Waals surface area contributed by atoms with Gasteiger partial charge >= 0.3 is 0 Å². The Morgan fingerprint density at radius 1 is 1.44 bits per heavy atom. The van der Waals surface area contributed by atoms with Crippen LogP contribution in [0, 0.1) is 18.8 Å². The second-order valence-electron chi connectivity index (χ2n) is 5.22. The molecule has 0 bridgehead atoms. The lowest BCUT2D eigenvalue weighted by atomic mass is 9.99. The Hall–Kier alpha value is -0.820. The molecule has 0 aliphatic heterocycles. The van der Waals surface area contributed by atoms with Crippen molar-refractivity contribution >= 4 is 0 Å². The van der Waals surface area contributed by atoms with Crippen LogP contribution in [0.2, 0.25) is 0 Å². The standard InChI is InChI=1S/C15H23N/c1-4-8-16-15(14-10-12(14)3)13-7-5-6-11(2)9-13/h5-7,9,12,14-16H,4,8,10H2,1-3H3. The van der Waals surface area contributed by atoms with Gasteiger partial charge in [-0.15, -0.1) is 0 Å². The highest BCUT2D eigenvalue weighted by Gasteiger charge is 2.39. The van der Waals surface area contributed by atoms with Gasteiger partial charge in [0, 0.05) is 6.04 Å². The number of aryl methyl sites for hydroxylation is 1. The van der Waals surface area contributed by atoms with Gasteiger partial charge in [-0.1, -0.05) is 43.7 Å². The van der Waals surface area contributed by atoms with E-state index in [1.807, 2.05) is 0 Å². The van der Waals surface area contributed by atoms with Gasteiger partial charge in [0.2, 0.25) is 0 Å². The zero-order valence-electron chi connectivity index (χ0n) is 10.7. The summed E-state index contributed by atoms with van der Waals surface area (Å²) >= 11 is 0. The van der Waals surface area contributed by atoms with Crippen LogP contribution in [0.1, 0.15) is 43.9 Å². The first kappa shape index (κ1) is 11.7. The molecule has 1 aromatic rings. The Balaban J connectivity index is 2.11. The van der Waals surface area contributed by atoms with Crippen LogP contribution in [-0.2, 0) is 0 Å². The van der Waals surface area contributed by atoms with Crippen LogP contribution < -0.4 is 5.32 Å². The van der Waals surface area contributed by atoms with Gasteiger partial charge in [-0.2, -0.15) is 0 Å². The van der Waals surface area contributed by atoms with E-state index >= 15 is 0 Å². The molecule has 88 valence electrons. The molecule has 1 N–H and O–H groups in total. The van der Waals surface area contributed by atoms with Gasteiger partial charge in [-0.3, -0.25) is 0 Å². The van der Waals surface area contributed by atoms with E-state index in [2.05, 4.69) is 50.4 Å². The maximum absolute atomic E-state index is 3.71. The summed E-state index contributed by atoms with van der Waals surface area (Å²) in [5, 5.41) is 3.71. The zero-order valence-corrected chi connectivity index (χ0v) is 10.7. The summed E-state index contributed by atoms with van der Waals surface area (Å²) in [7, 11) is 0. The van der Waals surface area contributed by atoms with Crippen LogP contribution in [0.3, 0.4) is 0 Å². The highest BCUT2D eigenvalue weighted by Crippen LogP contribution is 2.46. The molecule has 1 saturated carbocycles. The first-order valence-electron chi connectivity index (χ1n) is 6.52. The summed E-state index contributed by atoms with van der Waals surface area (Å²) in [4.78, 5) is 0. The molecular weight excluding hydrogens is 194 g/mol. The fourth-order valence-corrected chi connectivity index (χ4v) is 2.50. The third kappa shape index (κ3) is 2.65. The van der Waals surface area contributed by atoms with Gasteiger partial charge in [0.05, 0.1) is 0 Å². The van der Waals surface area contributed by atoms with Crippen molar-refractivity contribution in [3.05, 3.63) is 35.4 Å². The normalized spacial score (nSPS) is 25.4. The van der Waals surface area contributed by atoms with Crippen molar-refractivity contribution in [2.75, 3.05) is 6.54 Å². The van der Waals surface area contributed by atoms with E-state index in [1.165, 1.54) is 24.0 Å². The summed E-state index contributed by atoms with van der Waals surface area (Å²) in [5.74, 6) is 1.75. The molecule has 1 fully saturated rings. The Bertz CT molecular complexity index is 345. The van der Waals surface area contributed by atoms with Crippen LogP contribution in [0.5, 0.6) is 0 Å². The number of nitrogens with one attached hydrogen (secondary N) is 1. The molecule has 0 saturated heterocycles. The van der Waals surface area contributed by atoms with E-state index in [-0.39, 0.29) is 0 Å². The number of benzene rings is 1. The SMILES string of the molecule is CCCNC(c1cccc(C)c1)C1CC1C. The Morgan fingerprint density at radius 2 is 2.19 bits per heavy atom. The lowest BCUT2D eigenvalue weighted by molar-refractivity contribution is 0.463. The first-order valence-corrected chi connectivity index (χ1v) is 6.52. The van der Waals surface area contributed by atoms with Gasteiger partial charge in [0.1, 0.15) is 0 Å². The third-order valence-corrected chi connectivity index (χ3v) is 3.62. The summed E-state index contributed by atoms with van der Waals surface area (Å²) in [6, 6.07) is 9.54. The fourth-order valence-electron chi connectivity index (χ4n) is 2.50. The predicted octanol–water partition coefficient (Wildman–Crippen LogP) is 3.69. The van der Waals surface area contributed by atoms with E-state index in [4.69, 9.17) is 0 Å². The van der Waals surface area contributed by atoms with Crippen molar-refractivity contribution in [2.45, 2.75) is 39.7 Å². The monoisotopic (exact) mass is 217 g/mol. The molecule has 0 amide bonds. The summed E-state index contributed by atoms with van der Waals surface area (Å²) < 4.78 is 0. The Labute approximate surface area is 99.3 Å². The topological polar surface area (TPSA) is 12.0 Å². The van der Waals surface area contributed by atoms with E-state index in [9.17, 15) is 0 Å². The quantitative estimate of drug-likeness (QED) is 0.793. The van der Waals surface area contributed by atoms with E-state index in [0.29, 0.717) is 6.04 Å². The number of hydrogen-bond donors (Lipinski definition) is 1. The van der Waals surface area contributed by atoms with Crippen LogP contribution in [0.4, 0.5) is 0 Å². The highest BCUT2D eigenvalue weighted by molar-refractivity contribution is 5.26. The van der Waals surface area contributed by atoms with E-state index in [1.54, 1.807) is 0 Å². The van der Waals surface area contributed by atoms with Gasteiger partial charge in [0.25, 0.3) is 0 Å². The Kier molecular flexibility index (Phi) is 3.65. The third-order valence-electron chi connectivity index (χ3n) is 3.62. The molecule has 1 aliphatic carbocycles. The molecular formula is C15H23N. The van der Waals surface area contributed by atoms with Crippen molar-refractivity contribution in [3.63, 3.8) is 0 Å². The lowest BCUT2D eigenvalue weighted by Gasteiger charge is -2.19. The molecule has 0 spiro atoms. The van der Waals surface area contributed by atoms with Crippen molar-refractivity contribution in [3.8, 4) is 0 Å². The Morgan fingerprint density at radius 3 is 2.75 bits per heavy atom. The van der Waals surface area contributed by atoms with E-state index in [0.717, 1.165) is 18.4 Å². The number of hydrogen-bond acceptors (Lipinski definition) is 1. The van der Waals surface area contributed by atoms with Crippen LogP contribution >= 0.6 is 0 Å². The summed E-state index contributed by atoms with van der Waals surface area (Å²) in [6.07, 6.45) is 2.60. The fraction of sp³-hybridized carbons (Fsp3) is 0.600. The van der Waals surface area contributed by atoms with Crippen molar-refractivity contribution in [2.24, 2.45) is 11.8 Å². The maximum Gasteiger partial charge on any atom is 0.0351 e. The molecule has 2 rings (SSSR count). The van der Waals surface area contributed by atoms with Crippen LogP contribution in [0.15, 0.2) is 24.3 Å². The molecule has 1 heteroatoms. The minimum absolute atomic E-state index is 0.579. The summed E-state index contributed by atoms with van der Waals surface area (Å²) in [6.45, 7) is 7.90. The zero-order chi connectivity index (χ0) is 11.5. The maximum atomic E-state index is 3.71. The molecule has 1 aliphatic rings. The largest absolute Gasteiger partial charge is 0.310 e. The molecule has 16 heavy (non-hydrogen) atoms. The number of rotatable bonds is 5. The van der Waals surface area contributed by atoms with E-state index < -0.39 is 0 Å². The minimum atomic E-state index is 0.579. The average molecular weight is 217 g/mol. The molecule has 0 radical (unpaired) electrons. The average Bonchev–Trinajstić information content (AvgIpc) is 2.96. The van der Waals surface area contributed by atoms with Crippen molar-refractivity contribution < 1.29 is 0 Å². The second kappa shape index (κ2) is 5.01. The van der Waals surface area contributed by atoms with Gasteiger partial charge < -0.3 is 5.32 Å². The molecule has 3 atom stereocenters. The van der Waals surface area contributed by atoms with Crippen molar-refractivity contribution in [1.82, 2.24) is 5.32 Å². The highest BCUT2D eigenvalue weighted by atomic mass is 14.9. The van der Waals surface area contributed by atoms with Gasteiger partial charge in [-0.25, -0.2) is 0 Å². The molecule has 1 nitrogen and oxygen atoms in total. The lowest BCUT2D eigenvalue weighted by Crippen LogP contribution is -2.24. The van der Waals surface area contributed by atoms with Crippen LogP contribution in [-0.4, -0.2) is 6.54 Å². The molecule has 0 aromatic heterocycles. The molecule has 1 aromatic carbocycles. The molecule has 3 unspecified atom stereocenters. The van der Waals surface area contributed by atoms with Gasteiger partial charge in [-0.05, 0) is 43.7 Å². The first-order chi connectivity index (χ1) is 7.72. The smallest absolute Gasteiger partial charge is 0.0351 e. The second-order valence-corrected chi connectivity index (χ2v) is 5.22. The van der Waals surface area contributed by atoms with Gasteiger partial charge in [0.15, 0.2) is 0 Å². The molecule has 0 heterocycles. The van der Waals surface area contributed by atoms with Crippen LogP contribution in [0.25, 0.3) is 0 Å².